The third-order valence-corrected chi connectivity index (χ3v) is 4.74. The van der Waals surface area contributed by atoms with Gasteiger partial charge in [-0.2, -0.15) is 0 Å². The van der Waals surface area contributed by atoms with Crippen molar-refractivity contribution in [1.29, 1.82) is 0 Å². The van der Waals surface area contributed by atoms with Gasteiger partial charge in [0.25, 0.3) is 0 Å². The summed E-state index contributed by atoms with van der Waals surface area (Å²) >= 11 is 1.66. The van der Waals surface area contributed by atoms with Gasteiger partial charge in [0.2, 0.25) is 0 Å². The molecule has 3 N–H and O–H groups in total. The minimum Gasteiger partial charge on any atom is -0.378 e. The molecule has 104 valence electrons. The first-order valence-corrected chi connectivity index (χ1v) is 7.68. The first-order valence-electron chi connectivity index (χ1n) is 6.80. The second kappa shape index (κ2) is 5.58. The summed E-state index contributed by atoms with van der Waals surface area (Å²) in [5.74, 6) is 6.23. The van der Waals surface area contributed by atoms with Crippen molar-refractivity contribution < 1.29 is 4.74 Å². The van der Waals surface area contributed by atoms with E-state index in [1.54, 1.807) is 11.3 Å². The molecule has 3 unspecified atom stereocenters. The number of fused-ring (bicyclic) bond motifs is 1. The zero-order valence-corrected chi connectivity index (χ0v) is 11.9. The second-order valence-corrected chi connectivity index (χ2v) is 5.95. The summed E-state index contributed by atoms with van der Waals surface area (Å²) in [7, 11) is 0. The van der Waals surface area contributed by atoms with E-state index >= 15 is 0 Å². The van der Waals surface area contributed by atoms with Gasteiger partial charge in [-0.05, 0) is 12.8 Å². The molecule has 0 aromatic carbocycles. The highest BCUT2D eigenvalue weighted by Crippen LogP contribution is 2.28. The second-order valence-electron chi connectivity index (χ2n) is 5.07. The van der Waals surface area contributed by atoms with Gasteiger partial charge in [0.05, 0.1) is 11.8 Å². The molecule has 19 heavy (non-hydrogen) atoms. The third-order valence-electron chi connectivity index (χ3n) is 3.97. The Morgan fingerprint density at radius 1 is 1.68 bits per heavy atom. The number of hydrazine groups is 1. The maximum Gasteiger partial charge on any atom is 0.193 e. The van der Waals surface area contributed by atoms with Crippen LogP contribution in [-0.2, 0) is 11.2 Å². The molecule has 3 heterocycles. The summed E-state index contributed by atoms with van der Waals surface area (Å²) in [4.78, 5) is 5.67. The maximum absolute atomic E-state index is 5.76. The molecular weight excluding hydrogens is 260 g/mol. The summed E-state index contributed by atoms with van der Waals surface area (Å²) in [6.07, 6.45) is 7.43. The summed E-state index contributed by atoms with van der Waals surface area (Å²) < 4.78 is 7.83. The van der Waals surface area contributed by atoms with Gasteiger partial charge in [0, 0.05) is 42.8 Å². The van der Waals surface area contributed by atoms with Gasteiger partial charge in [0.15, 0.2) is 4.96 Å². The summed E-state index contributed by atoms with van der Waals surface area (Å²) in [5, 5.41) is 2.04. The lowest BCUT2D eigenvalue weighted by atomic mass is 9.89. The monoisotopic (exact) mass is 280 g/mol. The molecule has 2 aromatic rings. The van der Waals surface area contributed by atoms with Crippen molar-refractivity contribution in [2.75, 3.05) is 6.61 Å². The molecule has 0 spiro atoms. The molecule has 2 aromatic heterocycles. The van der Waals surface area contributed by atoms with Crippen LogP contribution in [0.15, 0.2) is 17.8 Å². The van der Waals surface area contributed by atoms with Crippen LogP contribution in [0.2, 0.25) is 0 Å². The number of nitrogens with zero attached hydrogens (tertiary/aromatic N) is 2. The van der Waals surface area contributed by atoms with Gasteiger partial charge in [-0.1, -0.05) is 6.92 Å². The Balaban J connectivity index is 1.74. The van der Waals surface area contributed by atoms with E-state index in [0.29, 0.717) is 12.0 Å². The fourth-order valence-electron chi connectivity index (χ4n) is 2.98. The number of rotatable bonds is 5. The van der Waals surface area contributed by atoms with Gasteiger partial charge >= 0.3 is 0 Å². The predicted octanol–water partition coefficient (Wildman–Crippen LogP) is 1.59. The van der Waals surface area contributed by atoms with E-state index in [2.05, 4.69) is 27.9 Å². The Bertz CT molecular complexity index is 509. The van der Waals surface area contributed by atoms with E-state index in [9.17, 15) is 0 Å². The number of ether oxygens (including phenoxy) is 1. The molecule has 0 saturated carbocycles. The molecule has 0 amide bonds. The van der Waals surface area contributed by atoms with Gasteiger partial charge in [-0.15, -0.1) is 11.3 Å². The third kappa shape index (κ3) is 2.53. The van der Waals surface area contributed by atoms with Crippen LogP contribution in [-0.4, -0.2) is 28.1 Å². The van der Waals surface area contributed by atoms with Crippen LogP contribution < -0.4 is 11.3 Å². The molecule has 0 aliphatic carbocycles. The Morgan fingerprint density at radius 2 is 2.58 bits per heavy atom. The number of hydrogen-bond acceptors (Lipinski definition) is 5. The fraction of sp³-hybridized carbons (Fsp3) is 0.615. The Kier molecular flexibility index (Phi) is 3.83. The number of aromatic nitrogens is 2. The SMILES string of the molecule is CCC1OCCC1C(Cc1cn2ccsc2n1)NN. The van der Waals surface area contributed by atoms with E-state index < -0.39 is 0 Å². The average Bonchev–Trinajstić information content (AvgIpc) is 3.10. The quantitative estimate of drug-likeness (QED) is 0.645. The molecule has 3 atom stereocenters. The molecule has 1 aliphatic rings. The summed E-state index contributed by atoms with van der Waals surface area (Å²) in [6, 6.07) is 0.233. The molecule has 0 radical (unpaired) electrons. The molecule has 5 nitrogen and oxygen atoms in total. The summed E-state index contributed by atoms with van der Waals surface area (Å²) in [6.45, 7) is 3.02. The van der Waals surface area contributed by atoms with Crippen molar-refractivity contribution in [3.8, 4) is 0 Å². The van der Waals surface area contributed by atoms with Gasteiger partial charge in [-0.3, -0.25) is 15.7 Å². The maximum atomic E-state index is 5.76. The first-order chi connectivity index (χ1) is 9.31. The zero-order chi connectivity index (χ0) is 13.2. The van der Waals surface area contributed by atoms with Crippen LogP contribution in [0.4, 0.5) is 0 Å². The van der Waals surface area contributed by atoms with Gasteiger partial charge in [0.1, 0.15) is 0 Å². The highest BCUT2D eigenvalue weighted by molar-refractivity contribution is 7.15. The van der Waals surface area contributed by atoms with Crippen molar-refractivity contribution in [2.45, 2.75) is 38.3 Å². The molecule has 3 rings (SSSR count). The Morgan fingerprint density at radius 3 is 3.32 bits per heavy atom. The van der Waals surface area contributed by atoms with E-state index in [1.807, 2.05) is 11.6 Å². The van der Waals surface area contributed by atoms with Crippen molar-refractivity contribution in [3.05, 3.63) is 23.5 Å². The predicted molar refractivity (Wildman–Crippen MR) is 76.0 cm³/mol. The lowest BCUT2D eigenvalue weighted by Gasteiger charge is -2.25. The molecular formula is C13H20N4OS. The Labute approximate surface area is 116 Å². The van der Waals surface area contributed by atoms with Crippen molar-refractivity contribution in [2.24, 2.45) is 11.8 Å². The van der Waals surface area contributed by atoms with Crippen LogP contribution in [0.25, 0.3) is 4.96 Å². The minimum atomic E-state index is 0.233. The van der Waals surface area contributed by atoms with Crippen molar-refractivity contribution in [1.82, 2.24) is 14.8 Å². The van der Waals surface area contributed by atoms with E-state index in [4.69, 9.17) is 10.6 Å². The highest BCUT2D eigenvalue weighted by atomic mass is 32.1. The molecule has 0 bridgehead atoms. The number of imidazole rings is 1. The van der Waals surface area contributed by atoms with Crippen molar-refractivity contribution in [3.63, 3.8) is 0 Å². The van der Waals surface area contributed by atoms with Gasteiger partial charge < -0.3 is 4.74 Å². The zero-order valence-electron chi connectivity index (χ0n) is 11.1. The van der Waals surface area contributed by atoms with Gasteiger partial charge in [-0.25, -0.2) is 4.98 Å². The largest absolute Gasteiger partial charge is 0.378 e. The normalized spacial score (nSPS) is 25.2. The minimum absolute atomic E-state index is 0.233. The first kappa shape index (κ1) is 13.1. The molecule has 1 fully saturated rings. The fourth-order valence-corrected chi connectivity index (χ4v) is 3.70. The lowest BCUT2D eigenvalue weighted by molar-refractivity contribution is 0.0774. The lowest BCUT2D eigenvalue weighted by Crippen LogP contribution is -2.45. The number of nitrogens with one attached hydrogen (secondary N) is 1. The number of hydrogen-bond donors (Lipinski definition) is 2. The van der Waals surface area contributed by atoms with E-state index in [0.717, 1.165) is 36.5 Å². The molecule has 1 aliphatic heterocycles. The number of nitrogens with two attached hydrogens (primary N) is 1. The standard InChI is InChI=1S/C13H20N4OS/c1-2-12-10(3-5-18-12)11(16-14)7-9-8-17-4-6-19-13(17)15-9/h4,6,8,10-12,16H,2-3,5,7,14H2,1H3. The number of thiazole rings is 1. The smallest absolute Gasteiger partial charge is 0.193 e. The molecule has 1 saturated heterocycles. The summed E-state index contributed by atoms with van der Waals surface area (Å²) in [5.41, 5.74) is 4.06. The van der Waals surface area contributed by atoms with Crippen LogP contribution >= 0.6 is 11.3 Å². The average molecular weight is 280 g/mol. The van der Waals surface area contributed by atoms with Crippen LogP contribution in [0.3, 0.4) is 0 Å². The van der Waals surface area contributed by atoms with Crippen LogP contribution in [0.5, 0.6) is 0 Å². The van der Waals surface area contributed by atoms with Crippen LogP contribution in [0.1, 0.15) is 25.5 Å². The van der Waals surface area contributed by atoms with Crippen molar-refractivity contribution >= 4 is 16.3 Å². The van der Waals surface area contributed by atoms with E-state index in [1.165, 1.54) is 0 Å². The van der Waals surface area contributed by atoms with E-state index in [-0.39, 0.29) is 6.04 Å². The van der Waals surface area contributed by atoms with Crippen LogP contribution in [0, 0.1) is 5.92 Å². The Hall–Kier alpha value is -0.950. The highest BCUT2D eigenvalue weighted by Gasteiger charge is 2.33. The molecule has 6 heteroatoms. The topological polar surface area (TPSA) is 64.6 Å².